The number of nitrogens with one attached hydrogen (secondary N) is 1. The lowest BCUT2D eigenvalue weighted by molar-refractivity contribution is -0.159. The van der Waals surface area contributed by atoms with Gasteiger partial charge in [0.2, 0.25) is 0 Å². The first-order valence-corrected chi connectivity index (χ1v) is 12.9. The summed E-state index contributed by atoms with van der Waals surface area (Å²) in [6, 6.07) is 7.90. The Labute approximate surface area is 220 Å². The van der Waals surface area contributed by atoms with Crippen LogP contribution in [-0.4, -0.2) is 69.3 Å². The van der Waals surface area contributed by atoms with Crippen molar-refractivity contribution in [3.05, 3.63) is 47.2 Å². The van der Waals surface area contributed by atoms with Crippen LogP contribution in [0.4, 0.5) is 0 Å². The fourth-order valence-electron chi connectivity index (χ4n) is 3.51. The first-order valence-electron chi connectivity index (χ1n) is 11.8. The molecular weight excluding hydrogens is 498 g/mol. The molecule has 2 aliphatic rings. The largest absolute Gasteiger partial charge is 0.461 e. The van der Waals surface area contributed by atoms with E-state index in [0.717, 1.165) is 0 Å². The molecule has 1 aromatic carbocycles. The summed E-state index contributed by atoms with van der Waals surface area (Å²) in [6.07, 6.45) is 0. The van der Waals surface area contributed by atoms with E-state index in [1.807, 2.05) is 6.07 Å². The average Bonchev–Trinajstić information content (AvgIpc) is 2.79. The number of hydrogen-bond donors (Lipinski definition) is 1. The van der Waals surface area contributed by atoms with Crippen LogP contribution in [0.5, 0.6) is 0 Å². The molecule has 1 saturated heterocycles. The second-order valence-corrected chi connectivity index (χ2v) is 11.7. The summed E-state index contributed by atoms with van der Waals surface area (Å²) in [5, 5.41) is 6.29. The van der Waals surface area contributed by atoms with E-state index in [9.17, 15) is 19.2 Å². The number of nitrogens with zero attached hydrogens (tertiary/aromatic N) is 2. The van der Waals surface area contributed by atoms with E-state index in [4.69, 9.17) is 14.3 Å². The van der Waals surface area contributed by atoms with Gasteiger partial charge in [0.1, 0.15) is 34.9 Å². The quantitative estimate of drug-likeness (QED) is 0.247. The zero-order valence-corrected chi connectivity index (χ0v) is 22.9. The molecule has 1 fully saturated rings. The number of carbonyl (C=O) groups is 4. The van der Waals surface area contributed by atoms with E-state index in [1.165, 1.54) is 23.6 Å². The molecule has 0 aliphatic carbocycles. The zero-order chi connectivity index (χ0) is 27.5. The third kappa shape index (κ3) is 7.12. The molecule has 11 heteroatoms. The molecular formula is C26H33N3O7S. The summed E-state index contributed by atoms with van der Waals surface area (Å²) in [4.78, 5) is 57.7. The number of fused-ring (bicyclic) bond motifs is 1. The number of ether oxygens (including phenoxy) is 2. The van der Waals surface area contributed by atoms with Crippen molar-refractivity contribution in [1.29, 1.82) is 0 Å². The Bertz CT molecular complexity index is 1130. The normalized spacial score (nSPS) is 20.0. The van der Waals surface area contributed by atoms with Crippen LogP contribution in [0.15, 0.2) is 46.8 Å². The first kappa shape index (κ1) is 28.2. The van der Waals surface area contributed by atoms with Crippen molar-refractivity contribution in [2.24, 2.45) is 5.16 Å². The minimum absolute atomic E-state index is 0.0287. The van der Waals surface area contributed by atoms with Crippen molar-refractivity contribution in [3.63, 3.8) is 0 Å². The van der Waals surface area contributed by atoms with Crippen LogP contribution in [0, 0.1) is 0 Å². The lowest BCUT2D eigenvalue weighted by Gasteiger charge is -2.49. The van der Waals surface area contributed by atoms with Gasteiger partial charge in [-0.1, -0.05) is 35.5 Å². The SMILES string of the molecule is CC(=O)OCC1=C(C(=O)OC(C)(C)C)N2C(=O)[C@@H](NC(=O)C(=NOC(C)(C)C)c3ccccc3)[C@H]2SC1. The monoisotopic (exact) mass is 531 g/mol. The zero-order valence-electron chi connectivity index (χ0n) is 22.1. The third-order valence-electron chi connectivity index (χ3n) is 5.05. The van der Waals surface area contributed by atoms with Gasteiger partial charge < -0.3 is 19.6 Å². The maximum atomic E-state index is 13.3. The van der Waals surface area contributed by atoms with Gasteiger partial charge in [0.05, 0.1) is 0 Å². The van der Waals surface area contributed by atoms with Crippen molar-refractivity contribution < 1.29 is 33.5 Å². The van der Waals surface area contributed by atoms with E-state index in [2.05, 4.69) is 10.5 Å². The maximum Gasteiger partial charge on any atom is 0.355 e. The van der Waals surface area contributed by atoms with Gasteiger partial charge in [-0.25, -0.2) is 4.79 Å². The molecule has 2 aliphatic heterocycles. The van der Waals surface area contributed by atoms with Crippen molar-refractivity contribution in [3.8, 4) is 0 Å². The molecule has 1 aromatic rings. The van der Waals surface area contributed by atoms with Crippen LogP contribution in [0.1, 0.15) is 54.0 Å². The number of carbonyl (C=O) groups excluding carboxylic acids is 4. The first-order chi connectivity index (χ1) is 17.2. The summed E-state index contributed by atoms with van der Waals surface area (Å²) in [5.41, 5.74) is -0.360. The standard InChI is InChI=1S/C26H33N3O7S/c1-15(30)34-13-17-14-37-23-19(22(32)29(23)20(17)24(33)35-25(2,3)4)27-21(31)18(28-36-26(5,6)7)16-11-9-8-10-12-16/h8-12,19,23H,13-14H2,1-7H3,(H,27,31)/t19-,23-/m1/s1. The highest BCUT2D eigenvalue weighted by Gasteiger charge is 2.55. The minimum Gasteiger partial charge on any atom is -0.461 e. The fraction of sp³-hybridized carbons (Fsp3) is 0.500. The van der Waals surface area contributed by atoms with Crippen LogP contribution in [-0.2, 0) is 33.5 Å². The molecule has 0 bridgehead atoms. The summed E-state index contributed by atoms with van der Waals surface area (Å²) in [7, 11) is 0. The Kier molecular flexibility index (Phi) is 8.36. The highest BCUT2D eigenvalue weighted by Crippen LogP contribution is 2.41. The highest BCUT2D eigenvalue weighted by molar-refractivity contribution is 8.00. The summed E-state index contributed by atoms with van der Waals surface area (Å²) >= 11 is 1.35. The Morgan fingerprint density at radius 1 is 1.08 bits per heavy atom. The van der Waals surface area contributed by atoms with Crippen molar-refractivity contribution in [2.75, 3.05) is 12.4 Å². The fourth-order valence-corrected chi connectivity index (χ4v) is 4.84. The van der Waals surface area contributed by atoms with Crippen LogP contribution in [0.2, 0.25) is 0 Å². The van der Waals surface area contributed by atoms with E-state index < -0.39 is 46.4 Å². The predicted molar refractivity (Wildman–Crippen MR) is 138 cm³/mol. The number of oxime groups is 1. The van der Waals surface area contributed by atoms with E-state index in [-0.39, 0.29) is 18.0 Å². The highest BCUT2D eigenvalue weighted by atomic mass is 32.2. The van der Waals surface area contributed by atoms with Gasteiger partial charge >= 0.3 is 11.9 Å². The molecule has 37 heavy (non-hydrogen) atoms. The molecule has 0 saturated carbocycles. The molecule has 2 atom stereocenters. The molecule has 2 heterocycles. The second-order valence-electron chi connectivity index (χ2n) is 10.6. The minimum atomic E-state index is -0.895. The van der Waals surface area contributed by atoms with Gasteiger partial charge in [0.15, 0.2) is 5.71 Å². The number of rotatable bonds is 7. The van der Waals surface area contributed by atoms with Gasteiger partial charge in [-0.05, 0) is 41.5 Å². The number of β-lactam (4-membered cyclic amide) rings is 1. The molecule has 0 aromatic heterocycles. The second kappa shape index (κ2) is 11.0. The lowest BCUT2D eigenvalue weighted by atomic mass is 10.0. The van der Waals surface area contributed by atoms with Crippen LogP contribution < -0.4 is 5.32 Å². The Balaban J connectivity index is 1.85. The molecule has 1 N–H and O–H groups in total. The van der Waals surface area contributed by atoms with Gasteiger partial charge in [0, 0.05) is 23.8 Å². The van der Waals surface area contributed by atoms with Gasteiger partial charge in [-0.15, -0.1) is 11.8 Å². The molecule has 3 rings (SSSR count). The van der Waals surface area contributed by atoms with Crippen LogP contribution in [0.3, 0.4) is 0 Å². The molecule has 200 valence electrons. The van der Waals surface area contributed by atoms with Crippen LogP contribution in [0.25, 0.3) is 0 Å². The summed E-state index contributed by atoms with van der Waals surface area (Å²) in [6.45, 7) is 11.7. The van der Waals surface area contributed by atoms with E-state index >= 15 is 0 Å². The number of thioether (sulfide) groups is 1. The Morgan fingerprint density at radius 2 is 1.73 bits per heavy atom. The number of hydrogen-bond acceptors (Lipinski definition) is 9. The van der Waals surface area contributed by atoms with E-state index in [0.29, 0.717) is 16.9 Å². The topological polar surface area (TPSA) is 124 Å². The van der Waals surface area contributed by atoms with Crippen molar-refractivity contribution in [1.82, 2.24) is 10.2 Å². The smallest absolute Gasteiger partial charge is 0.355 e. The van der Waals surface area contributed by atoms with E-state index in [1.54, 1.807) is 65.8 Å². The molecule has 2 amide bonds. The molecule has 10 nitrogen and oxygen atoms in total. The molecule has 0 unspecified atom stereocenters. The Hall–Kier alpha value is -3.34. The molecule has 0 radical (unpaired) electrons. The van der Waals surface area contributed by atoms with Gasteiger partial charge in [-0.3, -0.25) is 19.3 Å². The predicted octanol–water partition coefficient (Wildman–Crippen LogP) is 2.76. The lowest BCUT2D eigenvalue weighted by Crippen LogP contribution is -2.71. The summed E-state index contributed by atoms with van der Waals surface area (Å²) in [5.74, 6) is -1.94. The van der Waals surface area contributed by atoms with Crippen molar-refractivity contribution in [2.45, 2.75) is 71.1 Å². The van der Waals surface area contributed by atoms with Crippen LogP contribution >= 0.6 is 11.8 Å². The van der Waals surface area contributed by atoms with Gasteiger partial charge in [0.25, 0.3) is 11.8 Å². The Morgan fingerprint density at radius 3 is 2.30 bits per heavy atom. The number of esters is 2. The average molecular weight is 532 g/mol. The maximum absolute atomic E-state index is 13.3. The number of benzene rings is 1. The van der Waals surface area contributed by atoms with Crippen molar-refractivity contribution >= 4 is 41.2 Å². The molecule has 0 spiro atoms. The van der Waals surface area contributed by atoms with Gasteiger partial charge in [-0.2, -0.15) is 0 Å². The third-order valence-corrected chi connectivity index (χ3v) is 6.39. The number of amides is 2. The summed E-state index contributed by atoms with van der Waals surface area (Å²) < 4.78 is 10.6.